The number of methoxy groups -OCH3 is 1. The predicted molar refractivity (Wildman–Crippen MR) is 79.9 cm³/mol. The molecule has 0 saturated carbocycles. The molecule has 0 bridgehead atoms. The van der Waals surface area contributed by atoms with E-state index in [9.17, 15) is 9.18 Å². The van der Waals surface area contributed by atoms with Crippen molar-refractivity contribution in [1.29, 1.82) is 0 Å². The molecule has 0 N–H and O–H groups in total. The summed E-state index contributed by atoms with van der Waals surface area (Å²) < 4.78 is 19.4. The Kier molecular flexibility index (Phi) is 4.55. The summed E-state index contributed by atoms with van der Waals surface area (Å²) in [6.07, 6.45) is 0.169. The Labute approximate surface area is 125 Å². The summed E-state index contributed by atoms with van der Waals surface area (Å²) in [5.74, 6) is -0.310. The van der Waals surface area contributed by atoms with Gasteiger partial charge >= 0.3 is 0 Å². The van der Waals surface area contributed by atoms with Gasteiger partial charge in [-0.2, -0.15) is 0 Å². The first-order valence-corrected chi connectivity index (χ1v) is 6.92. The van der Waals surface area contributed by atoms with Crippen LogP contribution in [-0.2, 0) is 6.42 Å². The molecule has 0 atom stereocenters. The molecule has 20 heavy (non-hydrogen) atoms. The van der Waals surface area contributed by atoms with Gasteiger partial charge in [-0.3, -0.25) is 4.79 Å². The van der Waals surface area contributed by atoms with Crippen molar-refractivity contribution in [2.45, 2.75) is 13.3 Å². The Morgan fingerprint density at radius 3 is 2.60 bits per heavy atom. The summed E-state index contributed by atoms with van der Waals surface area (Å²) in [7, 11) is 1.41. The van der Waals surface area contributed by atoms with Crippen LogP contribution in [0.1, 0.15) is 21.5 Å². The maximum atomic E-state index is 13.6. The second-order valence-corrected chi connectivity index (χ2v) is 5.39. The zero-order valence-electron chi connectivity index (χ0n) is 11.2. The van der Waals surface area contributed by atoms with Crippen LogP contribution in [0.5, 0.6) is 5.75 Å². The van der Waals surface area contributed by atoms with Crippen LogP contribution in [0.15, 0.2) is 40.9 Å². The molecule has 0 aromatic heterocycles. The molecule has 0 spiro atoms. The zero-order chi connectivity index (χ0) is 14.7. The van der Waals surface area contributed by atoms with Crippen LogP contribution in [0.25, 0.3) is 0 Å². The number of rotatable bonds is 4. The van der Waals surface area contributed by atoms with E-state index in [2.05, 4.69) is 15.9 Å². The summed E-state index contributed by atoms with van der Waals surface area (Å²) in [5, 5.41) is 0. The highest BCUT2D eigenvalue weighted by Crippen LogP contribution is 2.21. The van der Waals surface area contributed by atoms with Gasteiger partial charge in [0.05, 0.1) is 7.11 Å². The molecule has 2 aromatic carbocycles. The van der Waals surface area contributed by atoms with Crippen molar-refractivity contribution in [2.75, 3.05) is 7.11 Å². The number of benzene rings is 2. The van der Waals surface area contributed by atoms with Crippen molar-refractivity contribution in [2.24, 2.45) is 0 Å². The van der Waals surface area contributed by atoms with Gasteiger partial charge in [0.15, 0.2) is 17.3 Å². The lowest BCUT2D eigenvalue weighted by molar-refractivity contribution is 0.0993. The second-order valence-electron chi connectivity index (χ2n) is 4.53. The van der Waals surface area contributed by atoms with Crippen molar-refractivity contribution >= 4 is 21.7 Å². The zero-order valence-corrected chi connectivity index (χ0v) is 12.8. The van der Waals surface area contributed by atoms with E-state index < -0.39 is 5.82 Å². The molecule has 104 valence electrons. The van der Waals surface area contributed by atoms with E-state index in [0.29, 0.717) is 11.1 Å². The van der Waals surface area contributed by atoms with E-state index in [1.54, 1.807) is 12.1 Å². The van der Waals surface area contributed by atoms with Crippen LogP contribution < -0.4 is 4.74 Å². The van der Waals surface area contributed by atoms with Gasteiger partial charge < -0.3 is 4.74 Å². The standard InChI is InChI=1S/C16H14BrFO2/c1-10-7-12(4-5-13(10)17)15(19)9-11-3-6-16(20-2)14(18)8-11/h3-8H,9H2,1-2H3. The van der Waals surface area contributed by atoms with Crippen LogP contribution in [0, 0.1) is 12.7 Å². The summed E-state index contributed by atoms with van der Waals surface area (Å²) >= 11 is 3.40. The van der Waals surface area contributed by atoms with E-state index >= 15 is 0 Å². The number of ether oxygens (including phenoxy) is 1. The average molecular weight is 337 g/mol. The third kappa shape index (κ3) is 3.25. The van der Waals surface area contributed by atoms with Gasteiger partial charge in [-0.25, -0.2) is 4.39 Å². The van der Waals surface area contributed by atoms with Gasteiger partial charge in [0.2, 0.25) is 0 Å². The second kappa shape index (κ2) is 6.18. The summed E-state index contributed by atoms with van der Waals surface area (Å²) in [6.45, 7) is 1.92. The lowest BCUT2D eigenvalue weighted by Gasteiger charge is -2.06. The minimum atomic E-state index is -0.454. The van der Waals surface area contributed by atoms with Crippen molar-refractivity contribution in [3.63, 3.8) is 0 Å². The molecule has 0 fully saturated rings. The fourth-order valence-corrected chi connectivity index (χ4v) is 2.17. The Morgan fingerprint density at radius 2 is 2.00 bits per heavy atom. The molecule has 0 amide bonds. The Hall–Kier alpha value is -1.68. The first-order valence-electron chi connectivity index (χ1n) is 6.13. The number of aryl methyl sites for hydroxylation is 1. The van der Waals surface area contributed by atoms with Gasteiger partial charge in [0, 0.05) is 16.5 Å². The molecule has 0 heterocycles. The predicted octanol–water partition coefficient (Wildman–Crippen LogP) is 4.33. The van der Waals surface area contributed by atoms with Gasteiger partial charge in [-0.05, 0) is 42.3 Å². The van der Waals surface area contributed by atoms with E-state index in [1.807, 2.05) is 19.1 Å². The number of Topliss-reactive ketones (excluding diaryl/α,β-unsaturated/α-hetero) is 1. The fraction of sp³-hybridized carbons (Fsp3) is 0.188. The van der Waals surface area contributed by atoms with Crippen LogP contribution >= 0.6 is 15.9 Å². The average Bonchev–Trinajstić information content (AvgIpc) is 2.42. The Morgan fingerprint density at radius 1 is 1.25 bits per heavy atom. The smallest absolute Gasteiger partial charge is 0.167 e. The third-order valence-electron chi connectivity index (χ3n) is 3.06. The first kappa shape index (κ1) is 14.7. The molecule has 2 rings (SSSR count). The molecular weight excluding hydrogens is 323 g/mol. The van der Waals surface area contributed by atoms with Gasteiger partial charge in [0.1, 0.15) is 0 Å². The molecule has 0 saturated heterocycles. The Bertz CT molecular complexity index is 653. The number of hydrogen-bond donors (Lipinski definition) is 0. The largest absolute Gasteiger partial charge is 0.494 e. The third-order valence-corrected chi connectivity index (χ3v) is 3.95. The van der Waals surface area contributed by atoms with E-state index in [4.69, 9.17) is 4.74 Å². The number of halogens is 2. The molecule has 2 nitrogen and oxygen atoms in total. The highest BCUT2D eigenvalue weighted by Gasteiger charge is 2.10. The van der Waals surface area contributed by atoms with E-state index in [0.717, 1.165) is 10.0 Å². The van der Waals surface area contributed by atoms with E-state index in [-0.39, 0.29) is 18.0 Å². The minimum absolute atomic E-state index is 0.0369. The topological polar surface area (TPSA) is 26.3 Å². The summed E-state index contributed by atoms with van der Waals surface area (Å²) in [4.78, 5) is 12.2. The lowest BCUT2D eigenvalue weighted by atomic mass is 10.0. The molecule has 0 aliphatic heterocycles. The normalized spacial score (nSPS) is 10.4. The monoisotopic (exact) mass is 336 g/mol. The molecule has 4 heteroatoms. The van der Waals surface area contributed by atoms with Crippen LogP contribution in [-0.4, -0.2) is 12.9 Å². The highest BCUT2D eigenvalue weighted by atomic mass is 79.9. The highest BCUT2D eigenvalue weighted by molar-refractivity contribution is 9.10. The number of carbonyl (C=O) groups is 1. The van der Waals surface area contributed by atoms with Crippen molar-refractivity contribution < 1.29 is 13.9 Å². The molecule has 0 aliphatic carbocycles. The first-order chi connectivity index (χ1) is 9.51. The SMILES string of the molecule is COc1ccc(CC(=O)c2ccc(Br)c(C)c2)cc1F. The minimum Gasteiger partial charge on any atom is -0.494 e. The maximum absolute atomic E-state index is 13.6. The number of carbonyl (C=O) groups excluding carboxylic acids is 1. The van der Waals surface area contributed by atoms with Gasteiger partial charge in [0.25, 0.3) is 0 Å². The maximum Gasteiger partial charge on any atom is 0.167 e. The summed E-state index contributed by atoms with van der Waals surface area (Å²) in [5.41, 5.74) is 2.26. The fourth-order valence-electron chi connectivity index (χ4n) is 1.93. The quantitative estimate of drug-likeness (QED) is 0.776. The number of ketones is 1. The Balaban J connectivity index is 2.19. The van der Waals surface area contributed by atoms with Crippen molar-refractivity contribution in [3.05, 3.63) is 63.4 Å². The number of hydrogen-bond acceptors (Lipinski definition) is 2. The molecular formula is C16H14BrFO2. The van der Waals surface area contributed by atoms with Crippen LogP contribution in [0.4, 0.5) is 4.39 Å². The van der Waals surface area contributed by atoms with Crippen LogP contribution in [0.3, 0.4) is 0 Å². The van der Waals surface area contributed by atoms with Gasteiger partial charge in [-0.1, -0.05) is 28.1 Å². The van der Waals surface area contributed by atoms with E-state index in [1.165, 1.54) is 19.2 Å². The van der Waals surface area contributed by atoms with Gasteiger partial charge in [-0.15, -0.1) is 0 Å². The van der Waals surface area contributed by atoms with Crippen molar-refractivity contribution in [3.8, 4) is 5.75 Å². The molecule has 0 unspecified atom stereocenters. The molecule has 0 radical (unpaired) electrons. The van der Waals surface area contributed by atoms with Crippen LogP contribution in [0.2, 0.25) is 0 Å². The van der Waals surface area contributed by atoms with Crippen molar-refractivity contribution in [1.82, 2.24) is 0 Å². The lowest BCUT2D eigenvalue weighted by Crippen LogP contribution is -2.04. The summed E-state index contributed by atoms with van der Waals surface area (Å²) in [6, 6.07) is 10.0. The molecule has 2 aromatic rings. The molecule has 0 aliphatic rings.